The molecule has 4 heteroatoms. The molecule has 0 aromatic heterocycles. The van der Waals surface area contributed by atoms with E-state index in [9.17, 15) is 4.79 Å². The molecule has 0 radical (unpaired) electrons. The van der Waals surface area contributed by atoms with Crippen LogP contribution in [0.4, 0.5) is 5.69 Å². The Hall–Kier alpha value is -2.78. The Morgan fingerprint density at radius 3 is 2.46 bits per heavy atom. The van der Waals surface area contributed by atoms with Gasteiger partial charge in [0, 0.05) is 21.8 Å². The Kier molecular flexibility index (Phi) is 5.14. The van der Waals surface area contributed by atoms with E-state index in [1.807, 2.05) is 60.7 Å². The van der Waals surface area contributed by atoms with E-state index in [0.717, 1.165) is 11.3 Å². The normalized spacial score (nSPS) is 10.2. The van der Waals surface area contributed by atoms with Gasteiger partial charge in [-0.3, -0.25) is 4.79 Å². The lowest BCUT2D eigenvalue weighted by Gasteiger charge is -2.10. The van der Waals surface area contributed by atoms with Crippen molar-refractivity contribution in [3.05, 3.63) is 95.0 Å². The van der Waals surface area contributed by atoms with Gasteiger partial charge in [-0.25, -0.2) is 0 Å². The van der Waals surface area contributed by atoms with Gasteiger partial charge in [-0.15, -0.1) is 0 Å². The zero-order valence-electron chi connectivity index (χ0n) is 12.9. The van der Waals surface area contributed by atoms with Crippen LogP contribution in [0.5, 0.6) is 5.75 Å². The molecule has 0 aliphatic rings. The van der Waals surface area contributed by atoms with Crippen molar-refractivity contribution in [1.29, 1.82) is 0 Å². The highest BCUT2D eigenvalue weighted by Gasteiger charge is 2.08. The molecule has 3 nitrogen and oxygen atoms in total. The van der Waals surface area contributed by atoms with Crippen molar-refractivity contribution in [1.82, 2.24) is 0 Å². The molecular formula is C20H16ClNO2. The van der Waals surface area contributed by atoms with Crippen LogP contribution >= 0.6 is 11.6 Å². The number of hydrogen-bond donors (Lipinski definition) is 1. The minimum atomic E-state index is -0.176. The number of hydrogen-bond acceptors (Lipinski definition) is 2. The Morgan fingerprint density at radius 2 is 1.67 bits per heavy atom. The summed E-state index contributed by atoms with van der Waals surface area (Å²) >= 11 is 6.12. The van der Waals surface area contributed by atoms with Gasteiger partial charge >= 0.3 is 0 Å². The highest BCUT2D eigenvalue weighted by Crippen LogP contribution is 2.20. The molecule has 0 atom stereocenters. The molecule has 0 aliphatic heterocycles. The van der Waals surface area contributed by atoms with E-state index in [4.69, 9.17) is 16.3 Å². The van der Waals surface area contributed by atoms with Crippen LogP contribution in [0.1, 0.15) is 15.9 Å². The molecule has 1 amide bonds. The number of carbonyl (C=O) groups excluding carboxylic acids is 1. The van der Waals surface area contributed by atoms with Crippen LogP contribution in [-0.2, 0) is 6.61 Å². The summed E-state index contributed by atoms with van der Waals surface area (Å²) in [7, 11) is 0. The van der Waals surface area contributed by atoms with Gasteiger partial charge in [-0.2, -0.15) is 0 Å². The van der Waals surface area contributed by atoms with Crippen LogP contribution in [0.2, 0.25) is 5.02 Å². The summed E-state index contributed by atoms with van der Waals surface area (Å²) in [6.45, 7) is 0.351. The standard InChI is InChI=1S/C20H16ClNO2/c21-19-12-5-4-7-16(19)14-24-18-11-6-8-15(13-18)20(23)22-17-9-2-1-3-10-17/h1-13H,14H2,(H,22,23). The average Bonchev–Trinajstić information content (AvgIpc) is 2.62. The molecule has 0 unspecified atom stereocenters. The molecule has 1 N–H and O–H groups in total. The quantitative estimate of drug-likeness (QED) is 0.697. The number of amides is 1. The molecule has 0 saturated heterocycles. The van der Waals surface area contributed by atoms with Crippen LogP contribution in [0, 0.1) is 0 Å². The van der Waals surface area contributed by atoms with Crippen LogP contribution in [0.3, 0.4) is 0 Å². The van der Waals surface area contributed by atoms with Gasteiger partial charge in [0.25, 0.3) is 5.91 Å². The maximum atomic E-state index is 12.3. The predicted molar refractivity (Wildman–Crippen MR) is 96.6 cm³/mol. The lowest BCUT2D eigenvalue weighted by atomic mass is 10.2. The van der Waals surface area contributed by atoms with Crippen molar-refractivity contribution in [3.63, 3.8) is 0 Å². The molecule has 0 spiro atoms. The van der Waals surface area contributed by atoms with Gasteiger partial charge in [0.05, 0.1) is 0 Å². The van der Waals surface area contributed by atoms with Crippen molar-refractivity contribution in [2.45, 2.75) is 6.61 Å². The monoisotopic (exact) mass is 337 g/mol. The summed E-state index contributed by atoms with van der Waals surface area (Å²) in [5.74, 6) is 0.444. The summed E-state index contributed by atoms with van der Waals surface area (Å²) < 4.78 is 5.75. The van der Waals surface area contributed by atoms with Gasteiger partial charge in [0.15, 0.2) is 0 Å². The predicted octanol–water partition coefficient (Wildman–Crippen LogP) is 5.17. The van der Waals surface area contributed by atoms with Gasteiger partial charge in [-0.05, 0) is 36.4 Å². The van der Waals surface area contributed by atoms with Crippen molar-refractivity contribution in [2.24, 2.45) is 0 Å². The number of rotatable bonds is 5. The number of ether oxygens (including phenoxy) is 1. The van der Waals surface area contributed by atoms with Gasteiger partial charge in [0.2, 0.25) is 0 Å². The molecule has 0 aliphatic carbocycles. The third-order valence-electron chi connectivity index (χ3n) is 3.48. The Balaban J connectivity index is 1.68. The molecule has 24 heavy (non-hydrogen) atoms. The fourth-order valence-corrected chi connectivity index (χ4v) is 2.42. The fraction of sp³-hybridized carbons (Fsp3) is 0.0500. The first-order chi connectivity index (χ1) is 11.7. The second kappa shape index (κ2) is 7.66. The van der Waals surface area contributed by atoms with Crippen molar-refractivity contribution in [2.75, 3.05) is 5.32 Å². The zero-order valence-corrected chi connectivity index (χ0v) is 13.7. The van der Waals surface area contributed by atoms with Crippen LogP contribution in [0.15, 0.2) is 78.9 Å². The van der Waals surface area contributed by atoms with E-state index in [0.29, 0.717) is 22.9 Å². The number of carbonyl (C=O) groups is 1. The van der Waals surface area contributed by atoms with Crippen LogP contribution in [0.25, 0.3) is 0 Å². The summed E-state index contributed by atoms with van der Waals surface area (Å²) in [4.78, 5) is 12.3. The minimum absolute atomic E-state index is 0.176. The number of benzene rings is 3. The van der Waals surface area contributed by atoms with E-state index >= 15 is 0 Å². The van der Waals surface area contributed by atoms with E-state index in [1.54, 1.807) is 18.2 Å². The van der Waals surface area contributed by atoms with Crippen molar-refractivity contribution < 1.29 is 9.53 Å². The molecule has 3 rings (SSSR count). The lowest BCUT2D eigenvalue weighted by molar-refractivity contribution is 0.102. The molecule has 120 valence electrons. The SMILES string of the molecule is O=C(Nc1ccccc1)c1cccc(OCc2ccccc2Cl)c1. The largest absolute Gasteiger partial charge is 0.489 e. The average molecular weight is 338 g/mol. The maximum absolute atomic E-state index is 12.3. The van der Waals surface area contributed by atoms with E-state index in [2.05, 4.69) is 5.32 Å². The molecule has 0 saturated carbocycles. The maximum Gasteiger partial charge on any atom is 0.255 e. The molecule has 3 aromatic carbocycles. The van der Waals surface area contributed by atoms with Crippen LogP contribution in [-0.4, -0.2) is 5.91 Å². The highest BCUT2D eigenvalue weighted by atomic mass is 35.5. The second-order valence-electron chi connectivity index (χ2n) is 5.23. The molecule has 0 fully saturated rings. The smallest absolute Gasteiger partial charge is 0.255 e. The lowest BCUT2D eigenvalue weighted by Crippen LogP contribution is -2.11. The number of anilines is 1. The molecule has 0 bridgehead atoms. The highest BCUT2D eigenvalue weighted by molar-refractivity contribution is 6.31. The second-order valence-corrected chi connectivity index (χ2v) is 5.64. The Labute approximate surface area is 145 Å². The topological polar surface area (TPSA) is 38.3 Å². The number of nitrogens with one attached hydrogen (secondary N) is 1. The molecule has 3 aromatic rings. The molecule has 0 heterocycles. The van der Waals surface area contributed by atoms with E-state index in [-0.39, 0.29) is 5.91 Å². The third-order valence-corrected chi connectivity index (χ3v) is 3.85. The molecular weight excluding hydrogens is 322 g/mol. The Bertz CT molecular complexity index is 834. The van der Waals surface area contributed by atoms with E-state index in [1.165, 1.54) is 0 Å². The van der Waals surface area contributed by atoms with Crippen molar-refractivity contribution in [3.8, 4) is 5.75 Å². The summed E-state index contributed by atoms with van der Waals surface area (Å²) in [5, 5.41) is 3.52. The van der Waals surface area contributed by atoms with Crippen molar-refractivity contribution >= 4 is 23.2 Å². The minimum Gasteiger partial charge on any atom is -0.489 e. The van der Waals surface area contributed by atoms with Crippen LogP contribution < -0.4 is 10.1 Å². The van der Waals surface area contributed by atoms with Gasteiger partial charge in [0.1, 0.15) is 12.4 Å². The fourth-order valence-electron chi connectivity index (χ4n) is 2.23. The summed E-state index contributed by atoms with van der Waals surface area (Å²) in [6.07, 6.45) is 0. The van der Waals surface area contributed by atoms with Gasteiger partial charge in [-0.1, -0.05) is 54.1 Å². The number of halogens is 1. The number of para-hydroxylation sites is 1. The first-order valence-electron chi connectivity index (χ1n) is 7.55. The van der Waals surface area contributed by atoms with E-state index < -0.39 is 0 Å². The summed E-state index contributed by atoms with van der Waals surface area (Å²) in [5.41, 5.74) is 2.19. The first kappa shape index (κ1) is 16.1. The first-order valence-corrected chi connectivity index (χ1v) is 7.93. The summed E-state index contributed by atoms with van der Waals surface area (Å²) in [6, 6.07) is 23.9. The zero-order chi connectivity index (χ0) is 16.8. The third kappa shape index (κ3) is 4.15. The Morgan fingerprint density at radius 1 is 0.917 bits per heavy atom. The van der Waals surface area contributed by atoms with Gasteiger partial charge < -0.3 is 10.1 Å².